The maximum absolute atomic E-state index is 13.5. The Labute approximate surface area is 201 Å². The number of fused-ring (bicyclic) bond motifs is 3. The lowest BCUT2D eigenvalue weighted by Gasteiger charge is -2.11. The van der Waals surface area contributed by atoms with Gasteiger partial charge in [0.2, 0.25) is 0 Å². The van der Waals surface area contributed by atoms with Gasteiger partial charge in [0.1, 0.15) is 15.2 Å². The highest BCUT2D eigenvalue weighted by Gasteiger charge is 2.22. The van der Waals surface area contributed by atoms with E-state index in [0.717, 1.165) is 21.3 Å². The molecule has 0 bridgehead atoms. The van der Waals surface area contributed by atoms with Crippen molar-refractivity contribution in [2.75, 3.05) is 0 Å². The van der Waals surface area contributed by atoms with E-state index in [9.17, 15) is 9.59 Å². The summed E-state index contributed by atoms with van der Waals surface area (Å²) in [5, 5.41) is 10.1. The van der Waals surface area contributed by atoms with Crippen LogP contribution in [0.1, 0.15) is 0 Å². The Morgan fingerprint density at radius 1 is 0.824 bits per heavy atom. The Kier molecular flexibility index (Phi) is 4.86. The van der Waals surface area contributed by atoms with E-state index in [0.29, 0.717) is 36.8 Å². The maximum Gasteiger partial charge on any atom is 0.333 e. The normalized spacial score (nSPS) is 11.3. The number of aromatic amines is 1. The highest BCUT2D eigenvalue weighted by atomic mass is 35.5. The number of hydrogen-bond acceptors (Lipinski definition) is 5. The Balaban J connectivity index is 1.75. The lowest BCUT2D eigenvalue weighted by atomic mass is 9.97. The van der Waals surface area contributed by atoms with Crippen LogP contribution in [-0.2, 0) is 0 Å². The van der Waals surface area contributed by atoms with Crippen molar-refractivity contribution in [3.05, 3.63) is 111 Å². The number of H-pyrrole nitrogens is 1. The van der Waals surface area contributed by atoms with E-state index < -0.39 is 11.2 Å². The summed E-state index contributed by atoms with van der Waals surface area (Å²) in [6, 6.07) is 26.2. The third kappa shape index (κ3) is 3.25. The van der Waals surface area contributed by atoms with Crippen LogP contribution in [0.3, 0.4) is 0 Å². The topological polar surface area (TPSA) is 80.6 Å². The summed E-state index contributed by atoms with van der Waals surface area (Å²) < 4.78 is 1.49. The molecule has 0 saturated heterocycles. The van der Waals surface area contributed by atoms with Crippen LogP contribution in [0.2, 0.25) is 5.02 Å². The number of halogens is 1. The molecule has 3 aromatic carbocycles. The number of nitrogens with zero attached hydrogens (tertiary/aromatic N) is 3. The molecule has 6 aromatic rings. The third-order valence-corrected chi connectivity index (χ3v) is 6.92. The summed E-state index contributed by atoms with van der Waals surface area (Å²) in [4.78, 5) is 30.1. The first-order valence-corrected chi connectivity index (χ1v) is 11.7. The van der Waals surface area contributed by atoms with Gasteiger partial charge in [-0.1, -0.05) is 78.3 Å². The Morgan fingerprint density at radius 2 is 1.53 bits per heavy atom. The molecule has 0 unspecified atom stereocenters. The molecule has 0 aliphatic carbocycles. The van der Waals surface area contributed by atoms with Crippen molar-refractivity contribution >= 4 is 43.4 Å². The second-order valence-electron chi connectivity index (χ2n) is 7.69. The summed E-state index contributed by atoms with van der Waals surface area (Å²) in [7, 11) is 0. The van der Waals surface area contributed by atoms with Crippen molar-refractivity contribution in [3.63, 3.8) is 0 Å². The summed E-state index contributed by atoms with van der Waals surface area (Å²) in [5.74, 6) is 0. The molecular formula is C26H15ClN4O2S. The molecule has 0 amide bonds. The van der Waals surface area contributed by atoms with Crippen LogP contribution in [0, 0.1) is 0 Å². The quantitative estimate of drug-likeness (QED) is 0.352. The van der Waals surface area contributed by atoms with Gasteiger partial charge in [0.05, 0.1) is 11.2 Å². The maximum atomic E-state index is 13.5. The molecule has 3 aromatic heterocycles. The molecule has 0 radical (unpaired) electrons. The fourth-order valence-corrected chi connectivity index (χ4v) is 5.34. The predicted octanol–water partition coefficient (Wildman–Crippen LogP) is 5.67. The highest BCUT2D eigenvalue weighted by Crippen LogP contribution is 2.40. The van der Waals surface area contributed by atoms with E-state index >= 15 is 0 Å². The molecule has 6 rings (SSSR count). The Morgan fingerprint density at radius 3 is 2.24 bits per heavy atom. The molecular weight excluding hydrogens is 468 g/mol. The van der Waals surface area contributed by atoms with E-state index in [1.165, 1.54) is 11.3 Å². The third-order valence-electron chi connectivity index (χ3n) is 5.63. The van der Waals surface area contributed by atoms with Crippen LogP contribution in [0.25, 0.3) is 48.5 Å². The molecule has 0 spiro atoms. The minimum atomic E-state index is -0.545. The first-order valence-electron chi connectivity index (χ1n) is 10.5. The van der Waals surface area contributed by atoms with Crippen molar-refractivity contribution in [1.29, 1.82) is 0 Å². The molecule has 0 aliphatic heterocycles. The zero-order valence-corrected chi connectivity index (χ0v) is 19.1. The number of aromatic nitrogens is 4. The van der Waals surface area contributed by atoms with Crippen LogP contribution < -0.4 is 11.2 Å². The van der Waals surface area contributed by atoms with Gasteiger partial charge < -0.3 is 4.98 Å². The molecule has 8 heteroatoms. The highest BCUT2D eigenvalue weighted by molar-refractivity contribution is 7.25. The largest absolute Gasteiger partial charge is 0.333 e. The number of nitrogens with one attached hydrogen (secondary N) is 1. The molecule has 34 heavy (non-hydrogen) atoms. The zero-order valence-electron chi connectivity index (χ0n) is 17.5. The van der Waals surface area contributed by atoms with E-state index in [1.54, 1.807) is 24.3 Å². The number of benzene rings is 3. The van der Waals surface area contributed by atoms with Crippen LogP contribution in [0.5, 0.6) is 0 Å². The number of hydrogen-bond donors (Lipinski definition) is 1. The minimum absolute atomic E-state index is 0.395. The van der Waals surface area contributed by atoms with Crippen LogP contribution in [0.4, 0.5) is 0 Å². The SMILES string of the molecule is O=c1[nH]c2c(sc3nnc(-c4ccccc4)c(-c4ccccc4)c32)c(=O)n1-c1cccc(Cl)c1. The monoisotopic (exact) mass is 482 g/mol. The molecule has 0 fully saturated rings. The van der Waals surface area contributed by atoms with E-state index in [4.69, 9.17) is 11.6 Å². The molecule has 0 saturated carbocycles. The second-order valence-corrected chi connectivity index (χ2v) is 9.13. The Hall–Kier alpha value is -4.07. The molecule has 3 heterocycles. The fourth-order valence-electron chi connectivity index (χ4n) is 4.15. The summed E-state index contributed by atoms with van der Waals surface area (Å²) >= 11 is 7.32. The van der Waals surface area contributed by atoms with Gasteiger partial charge in [0, 0.05) is 21.5 Å². The van der Waals surface area contributed by atoms with Crippen LogP contribution >= 0.6 is 22.9 Å². The summed E-state index contributed by atoms with van der Waals surface area (Å²) in [6.45, 7) is 0. The Bertz CT molecular complexity index is 1810. The predicted molar refractivity (Wildman–Crippen MR) is 137 cm³/mol. The van der Waals surface area contributed by atoms with E-state index in [1.807, 2.05) is 60.7 Å². The fraction of sp³-hybridized carbons (Fsp3) is 0. The van der Waals surface area contributed by atoms with Gasteiger partial charge in [-0.05, 0) is 23.8 Å². The number of thiophene rings is 1. The van der Waals surface area contributed by atoms with Gasteiger partial charge in [0.25, 0.3) is 5.56 Å². The molecule has 6 nitrogen and oxygen atoms in total. The summed E-state index contributed by atoms with van der Waals surface area (Å²) in [5.41, 5.74) is 3.19. The van der Waals surface area contributed by atoms with Crippen molar-refractivity contribution in [2.45, 2.75) is 0 Å². The van der Waals surface area contributed by atoms with Gasteiger partial charge in [0.15, 0.2) is 0 Å². The first-order chi connectivity index (χ1) is 16.6. The van der Waals surface area contributed by atoms with Crippen molar-refractivity contribution in [1.82, 2.24) is 19.7 Å². The smallest absolute Gasteiger partial charge is 0.305 e. The average molecular weight is 483 g/mol. The van der Waals surface area contributed by atoms with E-state index in [-0.39, 0.29) is 0 Å². The lowest BCUT2D eigenvalue weighted by Crippen LogP contribution is -2.33. The van der Waals surface area contributed by atoms with Gasteiger partial charge in [-0.2, -0.15) is 0 Å². The summed E-state index contributed by atoms with van der Waals surface area (Å²) in [6.07, 6.45) is 0. The van der Waals surface area contributed by atoms with Gasteiger partial charge >= 0.3 is 5.69 Å². The lowest BCUT2D eigenvalue weighted by molar-refractivity contribution is 0.905. The molecule has 0 atom stereocenters. The standard InChI is InChI=1S/C26H15ClN4O2S/c27-17-12-7-13-18(14-17)31-25(32)23-22(28-26(31)33)20-19(15-8-3-1-4-9-15)21(29-30-24(20)34-23)16-10-5-2-6-11-16/h1-14H,(H,28,33). The van der Waals surface area contributed by atoms with Gasteiger partial charge in [-0.3, -0.25) is 4.79 Å². The van der Waals surface area contributed by atoms with Crippen molar-refractivity contribution in [2.24, 2.45) is 0 Å². The molecule has 1 N–H and O–H groups in total. The van der Waals surface area contributed by atoms with Crippen molar-refractivity contribution < 1.29 is 0 Å². The van der Waals surface area contributed by atoms with E-state index in [2.05, 4.69) is 15.2 Å². The number of rotatable bonds is 3. The van der Waals surface area contributed by atoms with Crippen LogP contribution in [-0.4, -0.2) is 19.7 Å². The zero-order chi connectivity index (χ0) is 23.2. The van der Waals surface area contributed by atoms with Gasteiger partial charge in [-0.25, -0.2) is 9.36 Å². The molecule has 164 valence electrons. The van der Waals surface area contributed by atoms with Crippen LogP contribution in [0.15, 0.2) is 94.5 Å². The minimum Gasteiger partial charge on any atom is -0.305 e. The second kappa shape index (κ2) is 8.06. The van der Waals surface area contributed by atoms with Crippen molar-refractivity contribution in [3.8, 4) is 28.1 Å². The average Bonchev–Trinajstić information content (AvgIpc) is 3.23. The van der Waals surface area contributed by atoms with Gasteiger partial charge in [-0.15, -0.1) is 21.5 Å². The molecule has 0 aliphatic rings. The first kappa shape index (κ1) is 20.5.